The molecule has 0 aliphatic rings. The van der Waals surface area contributed by atoms with Crippen molar-refractivity contribution in [2.75, 3.05) is 0 Å². The summed E-state index contributed by atoms with van der Waals surface area (Å²) < 4.78 is 5.12. The van der Waals surface area contributed by atoms with Crippen LogP contribution >= 0.6 is 0 Å². The van der Waals surface area contributed by atoms with Crippen molar-refractivity contribution >= 4 is 5.97 Å². The topological polar surface area (TPSA) is 92.0 Å². The van der Waals surface area contributed by atoms with Crippen molar-refractivity contribution in [3.05, 3.63) is 23.8 Å². The van der Waals surface area contributed by atoms with Crippen molar-refractivity contribution in [1.29, 1.82) is 0 Å². The second-order valence-electron chi connectivity index (χ2n) is 3.12. The second-order valence-corrected chi connectivity index (χ2v) is 3.12. The number of carboxylic acid groups (broad SMARTS) is 1. The van der Waals surface area contributed by atoms with Crippen LogP contribution in [0.2, 0.25) is 0 Å². The van der Waals surface area contributed by atoms with Gasteiger partial charge < -0.3 is 14.5 Å². The Hall–Kier alpha value is -2.11. The molecule has 0 unspecified atom stereocenters. The lowest BCUT2D eigenvalue weighted by Crippen LogP contribution is -1.99. The molecule has 0 saturated carbocycles. The zero-order chi connectivity index (χ0) is 10.8. The number of nitrogens with zero attached hydrogens (tertiary/aromatic N) is 2. The minimum atomic E-state index is -0.909. The van der Waals surface area contributed by atoms with E-state index in [9.17, 15) is 4.79 Å². The number of nitrogens with one attached hydrogen (secondary N) is 1. The molecule has 2 heterocycles. The van der Waals surface area contributed by atoms with Crippen LogP contribution < -0.4 is 0 Å². The van der Waals surface area contributed by atoms with Crippen molar-refractivity contribution in [2.24, 2.45) is 0 Å². The third-order valence-corrected chi connectivity index (χ3v) is 1.79. The van der Waals surface area contributed by atoms with Crippen molar-refractivity contribution in [2.45, 2.75) is 13.3 Å². The lowest BCUT2D eigenvalue weighted by Gasteiger charge is -1.89. The molecule has 0 aromatic carbocycles. The van der Waals surface area contributed by atoms with Crippen molar-refractivity contribution in [3.8, 4) is 11.7 Å². The van der Waals surface area contributed by atoms with E-state index in [0.717, 1.165) is 5.69 Å². The third kappa shape index (κ3) is 2.04. The number of aromatic nitrogens is 3. The van der Waals surface area contributed by atoms with Gasteiger partial charge in [0, 0.05) is 11.9 Å². The summed E-state index contributed by atoms with van der Waals surface area (Å²) in [6.45, 7) is 1.80. The van der Waals surface area contributed by atoms with Gasteiger partial charge in [-0.3, -0.25) is 4.79 Å². The first-order chi connectivity index (χ1) is 7.15. The molecule has 0 spiro atoms. The summed E-state index contributed by atoms with van der Waals surface area (Å²) in [4.78, 5) is 21.3. The Morgan fingerprint density at radius 3 is 3.07 bits per heavy atom. The lowest BCUT2D eigenvalue weighted by atomic mass is 10.3. The van der Waals surface area contributed by atoms with E-state index in [0.29, 0.717) is 17.4 Å². The predicted molar refractivity (Wildman–Crippen MR) is 50.2 cm³/mol. The van der Waals surface area contributed by atoms with Crippen LogP contribution in [0.1, 0.15) is 11.4 Å². The van der Waals surface area contributed by atoms with E-state index in [4.69, 9.17) is 9.52 Å². The summed E-state index contributed by atoms with van der Waals surface area (Å²) in [5, 5.41) is 8.56. The molecule has 0 bridgehead atoms. The molecular formula is C9H9N3O3. The van der Waals surface area contributed by atoms with Crippen molar-refractivity contribution in [3.63, 3.8) is 0 Å². The summed E-state index contributed by atoms with van der Waals surface area (Å²) in [6, 6.07) is 0. The Balaban J connectivity index is 2.23. The molecule has 2 N–H and O–H groups in total. The molecule has 78 valence electrons. The highest BCUT2D eigenvalue weighted by Gasteiger charge is 2.10. The molecule has 15 heavy (non-hydrogen) atoms. The van der Waals surface area contributed by atoms with Gasteiger partial charge in [-0.15, -0.1) is 0 Å². The number of oxazole rings is 1. The van der Waals surface area contributed by atoms with Crippen LogP contribution in [-0.2, 0) is 11.2 Å². The molecule has 6 nitrogen and oxygen atoms in total. The van der Waals surface area contributed by atoms with Crippen molar-refractivity contribution in [1.82, 2.24) is 15.0 Å². The molecule has 2 rings (SSSR count). The van der Waals surface area contributed by atoms with Crippen molar-refractivity contribution < 1.29 is 14.3 Å². The van der Waals surface area contributed by atoms with Gasteiger partial charge in [-0.05, 0) is 6.92 Å². The maximum atomic E-state index is 10.4. The van der Waals surface area contributed by atoms with Gasteiger partial charge in [0.15, 0.2) is 5.82 Å². The number of rotatable bonds is 3. The number of aromatic amines is 1. The fourth-order valence-corrected chi connectivity index (χ4v) is 1.18. The molecule has 0 radical (unpaired) electrons. The summed E-state index contributed by atoms with van der Waals surface area (Å²) in [5.74, 6) is -0.0997. The Kier molecular flexibility index (Phi) is 2.24. The number of hydrogen-bond acceptors (Lipinski definition) is 4. The molecule has 2 aromatic heterocycles. The van der Waals surface area contributed by atoms with Gasteiger partial charge in [0.25, 0.3) is 5.89 Å². The van der Waals surface area contributed by atoms with E-state index in [1.165, 1.54) is 12.5 Å². The predicted octanol–water partition coefficient (Wildman–Crippen LogP) is 1.00. The zero-order valence-corrected chi connectivity index (χ0v) is 8.02. The molecule has 0 aliphatic carbocycles. The fraction of sp³-hybridized carbons (Fsp3) is 0.222. The van der Waals surface area contributed by atoms with Crippen LogP contribution in [-0.4, -0.2) is 26.0 Å². The standard InChI is InChI=1S/C9H9N3O3/c1-5-4-15-9(11-5)8-10-3-6(12-8)2-7(13)14/h3-4H,2H2,1H3,(H,10,12)(H,13,14). The van der Waals surface area contributed by atoms with Crippen LogP contribution in [0.25, 0.3) is 11.7 Å². The van der Waals surface area contributed by atoms with Crippen LogP contribution in [0.4, 0.5) is 0 Å². The first-order valence-corrected chi connectivity index (χ1v) is 4.33. The van der Waals surface area contributed by atoms with E-state index >= 15 is 0 Å². The Labute approximate surface area is 85.0 Å². The highest BCUT2D eigenvalue weighted by molar-refractivity contribution is 5.69. The normalized spacial score (nSPS) is 10.5. The Morgan fingerprint density at radius 1 is 1.67 bits per heavy atom. The van der Waals surface area contributed by atoms with Crippen LogP contribution in [0.3, 0.4) is 0 Å². The minimum Gasteiger partial charge on any atom is -0.481 e. The number of carbonyl (C=O) groups is 1. The van der Waals surface area contributed by atoms with E-state index in [1.807, 2.05) is 0 Å². The lowest BCUT2D eigenvalue weighted by molar-refractivity contribution is -0.136. The summed E-state index contributed by atoms with van der Waals surface area (Å²) in [5.41, 5.74) is 1.27. The fourth-order valence-electron chi connectivity index (χ4n) is 1.18. The quantitative estimate of drug-likeness (QED) is 0.783. The monoisotopic (exact) mass is 207 g/mol. The highest BCUT2D eigenvalue weighted by Crippen LogP contribution is 2.14. The SMILES string of the molecule is Cc1coc(-c2ncc(CC(=O)O)[nH]2)n1. The maximum Gasteiger partial charge on any atom is 0.309 e. The molecule has 6 heteroatoms. The molecule has 0 amide bonds. The molecule has 0 atom stereocenters. The number of H-pyrrole nitrogens is 1. The van der Waals surface area contributed by atoms with Gasteiger partial charge in [-0.2, -0.15) is 0 Å². The number of aliphatic carboxylic acids is 1. The Bertz CT molecular complexity index is 486. The number of imidazole rings is 1. The zero-order valence-electron chi connectivity index (χ0n) is 8.02. The number of hydrogen-bond donors (Lipinski definition) is 2. The van der Waals surface area contributed by atoms with E-state index < -0.39 is 5.97 Å². The first-order valence-electron chi connectivity index (χ1n) is 4.33. The van der Waals surface area contributed by atoms with Crippen LogP contribution in [0, 0.1) is 6.92 Å². The molecule has 0 fully saturated rings. The Morgan fingerprint density at radius 2 is 2.47 bits per heavy atom. The third-order valence-electron chi connectivity index (χ3n) is 1.79. The summed E-state index contributed by atoms with van der Waals surface area (Å²) in [6.07, 6.45) is 2.88. The van der Waals surface area contributed by atoms with E-state index in [1.54, 1.807) is 6.92 Å². The molecule has 0 saturated heterocycles. The van der Waals surface area contributed by atoms with Gasteiger partial charge in [0.05, 0.1) is 12.1 Å². The number of aryl methyl sites for hydroxylation is 1. The minimum absolute atomic E-state index is 0.0906. The van der Waals surface area contributed by atoms with Gasteiger partial charge in [-0.1, -0.05) is 0 Å². The first kappa shape index (κ1) is 9.45. The van der Waals surface area contributed by atoms with E-state index in [-0.39, 0.29) is 6.42 Å². The summed E-state index contributed by atoms with van der Waals surface area (Å²) in [7, 11) is 0. The van der Waals surface area contributed by atoms with Crippen LogP contribution in [0.15, 0.2) is 16.9 Å². The highest BCUT2D eigenvalue weighted by atomic mass is 16.4. The molecule has 0 aliphatic heterocycles. The molecule has 2 aromatic rings. The van der Waals surface area contributed by atoms with Crippen LogP contribution in [0.5, 0.6) is 0 Å². The van der Waals surface area contributed by atoms with Gasteiger partial charge in [0.1, 0.15) is 6.26 Å². The average molecular weight is 207 g/mol. The molecular weight excluding hydrogens is 198 g/mol. The number of carboxylic acids is 1. The van der Waals surface area contributed by atoms with Gasteiger partial charge >= 0.3 is 5.97 Å². The van der Waals surface area contributed by atoms with Gasteiger partial charge in [0.2, 0.25) is 0 Å². The second kappa shape index (κ2) is 3.56. The summed E-state index contributed by atoms with van der Waals surface area (Å²) >= 11 is 0. The average Bonchev–Trinajstić information content (AvgIpc) is 2.72. The largest absolute Gasteiger partial charge is 0.481 e. The van der Waals surface area contributed by atoms with E-state index in [2.05, 4.69) is 15.0 Å². The maximum absolute atomic E-state index is 10.4. The van der Waals surface area contributed by atoms with Gasteiger partial charge in [-0.25, -0.2) is 9.97 Å². The smallest absolute Gasteiger partial charge is 0.309 e.